The Hall–Kier alpha value is -3.15. The lowest BCUT2D eigenvalue weighted by molar-refractivity contribution is 0.0607. The van der Waals surface area contributed by atoms with E-state index < -0.39 is 0 Å². The number of H-pyrrole nitrogens is 1. The average molecular weight is 379 g/mol. The van der Waals surface area contributed by atoms with E-state index in [2.05, 4.69) is 10.2 Å². The predicted molar refractivity (Wildman–Crippen MR) is 105 cm³/mol. The summed E-state index contributed by atoms with van der Waals surface area (Å²) in [6.07, 6.45) is 6.14. The lowest BCUT2D eigenvalue weighted by Gasteiger charge is -2.36. The highest BCUT2D eigenvalue weighted by Gasteiger charge is 2.30. The Kier molecular flexibility index (Phi) is 5.10. The van der Waals surface area contributed by atoms with E-state index in [1.54, 1.807) is 48.7 Å². The van der Waals surface area contributed by atoms with E-state index in [0.29, 0.717) is 23.4 Å². The van der Waals surface area contributed by atoms with E-state index in [4.69, 9.17) is 4.74 Å². The molecule has 1 aliphatic heterocycles. The van der Waals surface area contributed by atoms with Crippen molar-refractivity contribution in [2.24, 2.45) is 0 Å². The van der Waals surface area contributed by atoms with Crippen LogP contribution in [-0.4, -0.2) is 34.7 Å². The van der Waals surface area contributed by atoms with Crippen molar-refractivity contribution in [1.29, 1.82) is 0 Å². The molecular formula is C22H22FN3O2. The number of hydrogen-bond donors (Lipinski definition) is 1. The van der Waals surface area contributed by atoms with E-state index in [1.165, 1.54) is 6.07 Å². The van der Waals surface area contributed by atoms with Crippen LogP contribution in [0.1, 0.15) is 41.2 Å². The lowest BCUT2D eigenvalue weighted by atomic mass is 9.93. The number of benzene rings is 2. The number of carbonyl (C=O) groups is 1. The number of ether oxygens (including phenoxy) is 1. The first kappa shape index (κ1) is 18.2. The first-order valence-corrected chi connectivity index (χ1v) is 9.41. The number of amides is 1. The highest BCUT2D eigenvalue weighted by molar-refractivity contribution is 5.96. The Morgan fingerprint density at radius 3 is 2.86 bits per heavy atom. The molecule has 1 fully saturated rings. The van der Waals surface area contributed by atoms with Gasteiger partial charge in [0.2, 0.25) is 0 Å². The highest BCUT2D eigenvalue weighted by Crippen LogP contribution is 2.35. The van der Waals surface area contributed by atoms with Gasteiger partial charge in [0.15, 0.2) is 0 Å². The van der Waals surface area contributed by atoms with Gasteiger partial charge in [0.25, 0.3) is 5.91 Å². The Morgan fingerprint density at radius 2 is 2.11 bits per heavy atom. The zero-order valence-electron chi connectivity index (χ0n) is 15.7. The minimum Gasteiger partial charge on any atom is -0.496 e. The van der Waals surface area contributed by atoms with Crippen LogP contribution < -0.4 is 4.74 Å². The zero-order valence-corrected chi connectivity index (χ0v) is 15.7. The Labute approximate surface area is 163 Å². The number of halogens is 1. The van der Waals surface area contributed by atoms with Crippen molar-refractivity contribution in [3.05, 3.63) is 71.8 Å². The second-order valence-corrected chi connectivity index (χ2v) is 6.93. The smallest absolute Gasteiger partial charge is 0.254 e. The van der Waals surface area contributed by atoms with Crippen LogP contribution in [-0.2, 0) is 0 Å². The van der Waals surface area contributed by atoms with Crippen molar-refractivity contribution < 1.29 is 13.9 Å². The van der Waals surface area contributed by atoms with Crippen LogP contribution in [0.3, 0.4) is 0 Å². The van der Waals surface area contributed by atoms with Gasteiger partial charge in [-0.25, -0.2) is 4.39 Å². The molecule has 0 radical (unpaired) electrons. The summed E-state index contributed by atoms with van der Waals surface area (Å²) in [5.41, 5.74) is 2.86. The maximum absolute atomic E-state index is 14.4. The molecule has 1 amide bonds. The molecule has 0 spiro atoms. The zero-order chi connectivity index (χ0) is 19.5. The molecule has 4 rings (SSSR count). The number of aromatic amines is 1. The van der Waals surface area contributed by atoms with Gasteiger partial charge in [-0.15, -0.1) is 0 Å². The summed E-state index contributed by atoms with van der Waals surface area (Å²) < 4.78 is 19.9. The topological polar surface area (TPSA) is 58.2 Å². The summed E-state index contributed by atoms with van der Waals surface area (Å²) >= 11 is 0. The number of methoxy groups -OCH3 is 1. The van der Waals surface area contributed by atoms with Gasteiger partial charge < -0.3 is 9.64 Å². The van der Waals surface area contributed by atoms with E-state index in [0.717, 1.165) is 30.4 Å². The molecule has 1 aromatic heterocycles. The van der Waals surface area contributed by atoms with Crippen LogP contribution in [0.5, 0.6) is 5.75 Å². The molecule has 2 heterocycles. The fraction of sp³-hybridized carbons (Fsp3) is 0.273. The van der Waals surface area contributed by atoms with Crippen LogP contribution in [0.25, 0.3) is 11.1 Å². The Bertz CT molecular complexity index is 972. The summed E-state index contributed by atoms with van der Waals surface area (Å²) in [4.78, 5) is 15.1. The fourth-order valence-corrected chi connectivity index (χ4v) is 3.87. The molecule has 5 nitrogen and oxygen atoms in total. The fourth-order valence-electron chi connectivity index (χ4n) is 3.87. The summed E-state index contributed by atoms with van der Waals surface area (Å²) in [6.45, 7) is 0.615. The molecule has 0 aliphatic carbocycles. The molecule has 0 saturated carbocycles. The molecule has 2 aromatic carbocycles. The minimum atomic E-state index is -0.264. The number of likely N-dealkylation sites (tertiary alicyclic amines) is 1. The second-order valence-electron chi connectivity index (χ2n) is 6.93. The third kappa shape index (κ3) is 3.38. The third-order valence-electron chi connectivity index (χ3n) is 5.29. The van der Waals surface area contributed by atoms with Gasteiger partial charge in [0.05, 0.1) is 19.3 Å². The van der Waals surface area contributed by atoms with Crippen LogP contribution in [0.15, 0.2) is 54.9 Å². The van der Waals surface area contributed by atoms with Crippen molar-refractivity contribution in [2.45, 2.75) is 25.3 Å². The molecule has 3 aromatic rings. The van der Waals surface area contributed by atoms with Crippen molar-refractivity contribution in [3.63, 3.8) is 0 Å². The number of rotatable bonds is 4. The number of carbonyl (C=O) groups excluding carboxylic acids is 1. The predicted octanol–water partition coefficient (Wildman–Crippen LogP) is 4.59. The maximum atomic E-state index is 14.4. The number of nitrogens with one attached hydrogen (secondary N) is 1. The molecule has 1 unspecified atom stereocenters. The van der Waals surface area contributed by atoms with Crippen molar-refractivity contribution in [2.75, 3.05) is 13.7 Å². The molecule has 144 valence electrons. The summed E-state index contributed by atoms with van der Waals surface area (Å²) in [7, 11) is 1.58. The molecule has 1 atom stereocenters. The number of aromatic nitrogens is 2. The monoisotopic (exact) mass is 379 g/mol. The lowest BCUT2D eigenvalue weighted by Crippen LogP contribution is -2.38. The van der Waals surface area contributed by atoms with Crippen LogP contribution >= 0.6 is 0 Å². The SMILES string of the molecule is COc1cc(C(=O)N2CCCCC2c2ccccc2F)ccc1-c1cn[nH]c1. The quantitative estimate of drug-likeness (QED) is 0.721. The van der Waals surface area contributed by atoms with Crippen molar-refractivity contribution >= 4 is 5.91 Å². The summed E-state index contributed by atoms with van der Waals surface area (Å²) in [5, 5.41) is 6.75. The summed E-state index contributed by atoms with van der Waals surface area (Å²) in [6, 6.07) is 11.9. The van der Waals surface area contributed by atoms with Gasteiger partial charge in [0.1, 0.15) is 11.6 Å². The molecule has 6 heteroatoms. The average Bonchev–Trinajstić information content (AvgIpc) is 3.28. The number of hydrogen-bond acceptors (Lipinski definition) is 3. The van der Waals surface area contributed by atoms with E-state index >= 15 is 0 Å². The minimum absolute atomic E-state index is 0.106. The standard InChI is InChI=1S/C22H22FN3O2/c1-28-21-12-15(9-10-17(21)16-13-24-25-14-16)22(27)26-11-5-4-8-20(26)18-6-2-3-7-19(18)23/h2-3,6-7,9-10,12-14,20H,4-5,8,11H2,1H3,(H,24,25). The highest BCUT2D eigenvalue weighted by atomic mass is 19.1. The van der Waals surface area contributed by atoms with Crippen LogP contribution in [0.4, 0.5) is 4.39 Å². The van der Waals surface area contributed by atoms with Crippen molar-refractivity contribution in [1.82, 2.24) is 15.1 Å². The second kappa shape index (κ2) is 7.84. The first-order chi connectivity index (χ1) is 13.7. The van der Waals surface area contributed by atoms with Gasteiger partial charge in [-0.3, -0.25) is 9.89 Å². The number of nitrogens with zero attached hydrogens (tertiary/aromatic N) is 2. The van der Waals surface area contributed by atoms with Gasteiger partial charge in [-0.2, -0.15) is 5.10 Å². The molecule has 1 saturated heterocycles. The molecule has 1 N–H and O–H groups in total. The van der Waals surface area contributed by atoms with E-state index in [1.807, 2.05) is 12.1 Å². The number of piperidine rings is 1. The van der Waals surface area contributed by atoms with Gasteiger partial charge in [-0.1, -0.05) is 18.2 Å². The molecule has 28 heavy (non-hydrogen) atoms. The maximum Gasteiger partial charge on any atom is 0.254 e. The van der Waals surface area contributed by atoms with Gasteiger partial charge >= 0.3 is 0 Å². The van der Waals surface area contributed by atoms with E-state index in [9.17, 15) is 9.18 Å². The normalized spacial score (nSPS) is 16.8. The van der Waals surface area contributed by atoms with E-state index in [-0.39, 0.29) is 17.8 Å². The Morgan fingerprint density at radius 1 is 1.25 bits per heavy atom. The van der Waals surface area contributed by atoms with Gasteiger partial charge in [-0.05, 0) is 43.5 Å². The summed E-state index contributed by atoms with van der Waals surface area (Å²) in [5.74, 6) is 0.233. The molecule has 0 bridgehead atoms. The van der Waals surface area contributed by atoms with Crippen LogP contribution in [0, 0.1) is 5.82 Å². The molecule has 1 aliphatic rings. The largest absolute Gasteiger partial charge is 0.496 e. The van der Waals surface area contributed by atoms with Crippen molar-refractivity contribution in [3.8, 4) is 16.9 Å². The third-order valence-corrected chi connectivity index (χ3v) is 5.29. The van der Waals surface area contributed by atoms with Gasteiger partial charge in [0, 0.05) is 35.0 Å². The Balaban J connectivity index is 1.67. The molecular weight excluding hydrogens is 357 g/mol. The van der Waals surface area contributed by atoms with Crippen LogP contribution in [0.2, 0.25) is 0 Å². The first-order valence-electron chi connectivity index (χ1n) is 9.41.